The van der Waals surface area contributed by atoms with Crippen LogP contribution in [0.1, 0.15) is 20.8 Å². The molecule has 0 bridgehead atoms. The third kappa shape index (κ3) is 5.28. The lowest BCUT2D eigenvalue weighted by Gasteiger charge is -2.38. The van der Waals surface area contributed by atoms with Crippen LogP contribution in [0.2, 0.25) is 0 Å². The van der Waals surface area contributed by atoms with Crippen LogP contribution in [0.4, 0.5) is 14.5 Å². The largest absolute Gasteiger partial charge is 0.490 e. The van der Waals surface area contributed by atoms with E-state index in [1.807, 2.05) is 0 Å². The zero-order chi connectivity index (χ0) is 19.3. The number of esters is 1. The van der Waals surface area contributed by atoms with Gasteiger partial charge >= 0.3 is 5.97 Å². The highest BCUT2D eigenvalue weighted by atomic mass is 19.1. The number of piperazine rings is 1. The molecule has 2 rings (SSSR count). The van der Waals surface area contributed by atoms with Gasteiger partial charge in [-0.3, -0.25) is 9.69 Å². The molecule has 0 saturated carbocycles. The second kappa shape index (κ2) is 9.14. The van der Waals surface area contributed by atoms with Gasteiger partial charge in [0.1, 0.15) is 30.7 Å². The minimum Gasteiger partial charge on any atom is -0.490 e. The van der Waals surface area contributed by atoms with Crippen LogP contribution in [-0.2, 0) is 9.53 Å². The van der Waals surface area contributed by atoms with Crippen LogP contribution < -0.4 is 15.4 Å². The predicted octanol–water partition coefficient (Wildman–Crippen LogP) is 1.76. The van der Waals surface area contributed by atoms with Crippen molar-refractivity contribution in [3.8, 4) is 5.75 Å². The van der Waals surface area contributed by atoms with Crippen LogP contribution in [-0.4, -0.2) is 62.3 Å². The quantitative estimate of drug-likeness (QED) is 0.582. The fourth-order valence-corrected chi connectivity index (χ4v) is 2.82. The average molecular weight is 371 g/mol. The third-order valence-corrected chi connectivity index (χ3v) is 4.32. The smallest absolute Gasteiger partial charge is 0.322 e. The topological polar surface area (TPSA) is 68.0 Å². The van der Waals surface area contributed by atoms with E-state index < -0.39 is 23.6 Å². The Morgan fingerprint density at radius 1 is 1.12 bits per heavy atom. The summed E-state index contributed by atoms with van der Waals surface area (Å²) in [4.78, 5) is 15.2. The SMILES string of the molecule is CC(C)N1CCN(c2c(F)cc(OCCOC(=O)[C@H](C)N)cc2F)CC1. The Morgan fingerprint density at radius 3 is 2.19 bits per heavy atom. The molecule has 0 amide bonds. The monoisotopic (exact) mass is 371 g/mol. The van der Waals surface area contributed by atoms with Crippen LogP contribution >= 0.6 is 0 Å². The number of benzene rings is 1. The first-order chi connectivity index (χ1) is 12.3. The van der Waals surface area contributed by atoms with Gasteiger partial charge in [0.25, 0.3) is 0 Å². The molecule has 0 radical (unpaired) electrons. The number of nitrogens with two attached hydrogens (primary N) is 1. The minimum atomic E-state index is -0.722. The first kappa shape index (κ1) is 20.4. The molecule has 1 aliphatic heterocycles. The molecule has 1 saturated heterocycles. The molecule has 0 spiro atoms. The molecule has 146 valence electrons. The number of hydrogen-bond acceptors (Lipinski definition) is 6. The lowest BCUT2D eigenvalue weighted by molar-refractivity contribution is -0.145. The number of rotatable bonds is 7. The Hall–Kier alpha value is -1.93. The standard InChI is InChI=1S/C18H27F2N3O3/c1-12(2)22-4-6-23(7-5-22)17-15(19)10-14(11-16(17)20)25-8-9-26-18(24)13(3)21/h10-13H,4-9,21H2,1-3H3/t13-/m0/s1. The summed E-state index contributed by atoms with van der Waals surface area (Å²) in [6.07, 6.45) is 0. The molecule has 2 N–H and O–H groups in total. The van der Waals surface area contributed by atoms with Crippen LogP contribution in [0, 0.1) is 11.6 Å². The van der Waals surface area contributed by atoms with Crippen molar-refractivity contribution in [2.75, 3.05) is 44.3 Å². The van der Waals surface area contributed by atoms with E-state index in [1.165, 1.54) is 6.92 Å². The molecule has 6 nitrogen and oxygen atoms in total. The van der Waals surface area contributed by atoms with Gasteiger partial charge in [-0.15, -0.1) is 0 Å². The molecule has 1 aromatic carbocycles. The van der Waals surface area contributed by atoms with Gasteiger partial charge in [-0.2, -0.15) is 0 Å². The molecule has 1 aliphatic rings. The Labute approximate surface area is 152 Å². The second-order valence-corrected chi connectivity index (χ2v) is 6.66. The summed E-state index contributed by atoms with van der Waals surface area (Å²) in [6, 6.07) is 2.00. The summed E-state index contributed by atoms with van der Waals surface area (Å²) >= 11 is 0. The zero-order valence-corrected chi connectivity index (χ0v) is 15.5. The third-order valence-electron chi connectivity index (χ3n) is 4.32. The van der Waals surface area contributed by atoms with Crippen LogP contribution in [0.5, 0.6) is 5.75 Å². The fraction of sp³-hybridized carbons (Fsp3) is 0.611. The molecule has 1 aromatic rings. The number of halogens is 2. The summed E-state index contributed by atoms with van der Waals surface area (Å²) in [5.74, 6) is -1.82. The van der Waals surface area contributed by atoms with Gasteiger partial charge < -0.3 is 20.1 Å². The van der Waals surface area contributed by atoms with E-state index in [4.69, 9.17) is 15.2 Å². The molecule has 1 heterocycles. The summed E-state index contributed by atoms with van der Waals surface area (Å²) in [7, 11) is 0. The molecular weight excluding hydrogens is 344 g/mol. The van der Waals surface area contributed by atoms with E-state index in [0.717, 1.165) is 25.2 Å². The van der Waals surface area contributed by atoms with Gasteiger partial charge in [0.15, 0.2) is 11.6 Å². The van der Waals surface area contributed by atoms with E-state index in [1.54, 1.807) is 4.90 Å². The number of ether oxygens (including phenoxy) is 2. The summed E-state index contributed by atoms with van der Waals surface area (Å²) < 4.78 is 38.9. The Balaban J connectivity index is 1.93. The predicted molar refractivity (Wildman–Crippen MR) is 95.4 cm³/mol. The van der Waals surface area contributed by atoms with Crippen LogP contribution in [0.15, 0.2) is 12.1 Å². The Bertz CT molecular complexity index is 595. The Kier molecular flexibility index (Phi) is 7.16. The van der Waals surface area contributed by atoms with Crippen molar-refractivity contribution in [2.24, 2.45) is 5.73 Å². The van der Waals surface area contributed by atoms with Gasteiger partial charge in [0.2, 0.25) is 0 Å². The highest BCUT2D eigenvalue weighted by Gasteiger charge is 2.24. The Morgan fingerprint density at radius 2 is 1.69 bits per heavy atom. The van der Waals surface area contributed by atoms with Crippen molar-refractivity contribution >= 4 is 11.7 Å². The van der Waals surface area contributed by atoms with Crippen molar-refractivity contribution in [2.45, 2.75) is 32.9 Å². The lowest BCUT2D eigenvalue weighted by atomic mass is 10.2. The zero-order valence-electron chi connectivity index (χ0n) is 15.5. The molecule has 1 atom stereocenters. The normalized spacial score (nSPS) is 16.7. The summed E-state index contributed by atoms with van der Waals surface area (Å²) in [5, 5.41) is 0. The van der Waals surface area contributed by atoms with Crippen LogP contribution in [0.3, 0.4) is 0 Å². The van der Waals surface area contributed by atoms with Gasteiger partial charge in [-0.25, -0.2) is 8.78 Å². The summed E-state index contributed by atoms with van der Waals surface area (Å²) in [6.45, 7) is 8.33. The lowest BCUT2D eigenvalue weighted by Crippen LogP contribution is -2.49. The second-order valence-electron chi connectivity index (χ2n) is 6.66. The highest BCUT2D eigenvalue weighted by molar-refractivity contribution is 5.74. The van der Waals surface area contributed by atoms with Gasteiger partial charge in [-0.1, -0.05) is 0 Å². The average Bonchev–Trinajstić information content (AvgIpc) is 2.58. The number of nitrogens with zero attached hydrogens (tertiary/aromatic N) is 2. The molecule has 0 aliphatic carbocycles. The van der Waals surface area contributed by atoms with E-state index in [-0.39, 0.29) is 24.7 Å². The number of carbonyl (C=O) groups excluding carboxylic acids is 1. The molecule has 8 heteroatoms. The summed E-state index contributed by atoms with van der Waals surface area (Å²) in [5.41, 5.74) is 5.34. The fourth-order valence-electron chi connectivity index (χ4n) is 2.82. The van der Waals surface area contributed by atoms with E-state index >= 15 is 0 Å². The highest BCUT2D eigenvalue weighted by Crippen LogP contribution is 2.29. The maximum Gasteiger partial charge on any atom is 0.322 e. The molecule has 1 fully saturated rings. The van der Waals surface area contributed by atoms with E-state index in [9.17, 15) is 13.6 Å². The van der Waals surface area contributed by atoms with Gasteiger partial charge in [0, 0.05) is 44.4 Å². The number of carbonyl (C=O) groups is 1. The molecule has 0 aromatic heterocycles. The van der Waals surface area contributed by atoms with E-state index in [2.05, 4.69) is 18.7 Å². The van der Waals surface area contributed by atoms with Crippen molar-refractivity contribution in [1.82, 2.24) is 4.90 Å². The first-order valence-corrected chi connectivity index (χ1v) is 8.82. The molecular formula is C18H27F2N3O3. The van der Waals surface area contributed by atoms with Crippen molar-refractivity contribution in [3.63, 3.8) is 0 Å². The maximum absolute atomic E-state index is 14.4. The number of anilines is 1. The number of hydrogen-bond donors (Lipinski definition) is 1. The maximum atomic E-state index is 14.4. The van der Waals surface area contributed by atoms with E-state index in [0.29, 0.717) is 19.1 Å². The van der Waals surface area contributed by atoms with Gasteiger partial charge in [-0.05, 0) is 20.8 Å². The molecule has 26 heavy (non-hydrogen) atoms. The molecule has 0 unspecified atom stereocenters. The van der Waals surface area contributed by atoms with Gasteiger partial charge in [0.05, 0.1) is 0 Å². The van der Waals surface area contributed by atoms with Crippen molar-refractivity contribution in [1.29, 1.82) is 0 Å². The van der Waals surface area contributed by atoms with Crippen LogP contribution in [0.25, 0.3) is 0 Å². The minimum absolute atomic E-state index is 0.0102. The van der Waals surface area contributed by atoms with Crippen molar-refractivity contribution < 1.29 is 23.0 Å². The first-order valence-electron chi connectivity index (χ1n) is 8.82. The van der Waals surface area contributed by atoms with Crippen molar-refractivity contribution in [3.05, 3.63) is 23.8 Å².